The molecule has 3 aliphatic heterocycles. The molecular weight excluding hydrogens is 549 g/mol. The second-order valence-electron chi connectivity index (χ2n) is 9.50. The summed E-state index contributed by atoms with van der Waals surface area (Å²) in [6, 6.07) is 3.28. The number of halogens is 6. The van der Waals surface area contributed by atoms with Crippen molar-refractivity contribution in [2.75, 3.05) is 17.7 Å². The maximum Gasteiger partial charge on any atom is 0.453 e. The molecule has 1 fully saturated rings. The predicted octanol–water partition coefficient (Wildman–Crippen LogP) is 3.66. The molecule has 1 unspecified atom stereocenters. The van der Waals surface area contributed by atoms with Gasteiger partial charge in [-0.1, -0.05) is 11.6 Å². The lowest BCUT2D eigenvalue weighted by Gasteiger charge is -2.27. The number of pyridine rings is 1. The van der Waals surface area contributed by atoms with Crippen LogP contribution in [0.4, 0.5) is 33.6 Å². The molecule has 1 amide bonds. The van der Waals surface area contributed by atoms with Crippen molar-refractivity contribution in [2.24, 2.45) is 15.9 Å². The Bertz CT molecular complexity index is 1470. The van der Waals surface area contributed by atoms with Gasteiger partial charge in [0.05, 0.1) is 28.2 Å². The van der Waals surface area contributed by atoms with Crippen molar-refractivity contribution in [1.82, 2.24) is 25.4 Å². The third-order valence-electron chi connectivity index (χ3n) is 7.03. The van der Waals surface area contributed by atoms with E-state index in [1.54, 1.807) is 12.1 Å². The van der Waals surface area contributed by atoms with Crippen molar-refractivity contribution >= 4 is 46.4 Å². The van der Waals surface area contributed by atoms with Crippen LogP contribution in [0.3, 0.4) is 0 Å². The number of hydrogen-bond acceptors (Lipinski definition) is 9. The van der Waals surface area contributed by atoms with E-state index in [0.29, 0.717) is 16.3 Å². The Hall–Kier alpha value is -3.72. The fourth-order valence-electron chi connectivity index (χ4n) is 5.07. The third-order valence-corrected chi connectivity index (χ3v) is 7.25. The summed E-state index contributed by atoms with van der Waals surface area (Å²) in [5.74, 6) is -5.20. The molecule has 4 aliphatic rings. The Morgan fingerprint density at radius 2 is 1.95 bits per heavy atom. The average molecular weight is 568 g/mol. The van der Waals surface area contributed by atoms with Crippen LogP contribution >= 0.6 is 11.6 Å². The number of fused-ring (bicyclic) bond motifs is 2. The van der Waals surface area contributed by atoms with E-state index in [-0.39, 0.29) is 53.2 Å². The van der Waals surface area contributed by atoms with Gasteiger partial charge in [0, 0.05) is 12.6 Å². The maximum atomic E-state index is 13.6. The number of alkyl halides is 5. The smallest absolute Gasteiger partial charge is 0.383 e. The quantitative estimate of drug-likeness (QED) is 0.454. The normalized spacial score (nSPS) is 22.7. The first-order valence-electron chi connectivity index (χ1n) is 11.8. The van der Waals surface area contributed by atoms with Gasteiger partial charge in [-0.2, -0.15) is 22.0 Å². The molecule has 6 rings (SSSR count). The minimum atomic E-state index is -5.70. The molecule has 4 N–H and O–H groups in total. The number of aliphatic imine (C=N–C) groups is 2. The van der Waals surface area contributed by atoms with Crippen LogP contribution in [0.2, 0.25) is 5.02 Å². The molecule has 204 valence electrons. The lowest BCUT2D eigenvalue weighted by atomic mass is 9.74. The lowest BCUT2D eigenvalue weighted by molar-refractivity contribution is -0.283. The fraction of sp³-hybridized carbons (Fsp3) is 0.391. The van der Waals surface area contributed by atoms with Crippen LogP contribution in [0.1, 0.15) is 42.8 Å². The van der Waals surface area contributed by atoms with Gasteiger partial charge in [0.1, 0.15) is 29.4 Å². The van der Waals surface area contributed by atoms with Crippen molar-refractivity contribution < 1.29 is 26.7 Å². The summed E-state index contributed by atoms with van der Waals surface area (Å²) in [6.07, 6.45) is -3.57. The van der Waals surface area contributed by atoms with E-state index in [2.05, 4.69) is 35.7 Å². The van der Waals surface area contributed by atoms with Gasteiger partial charge in [-0.25, -0.2) is 25.4 Å². The number of rotatable bonds is 6. The lowest BCUT2D eigenvalue weighted by Crippen LogP contribution is -2.41. The molecule has 10 nitrogen and oxygen atoms in total. The van der Waals surface area contributed by atoms with E-state index >= 15 is 0 Å². The van der Waals surface area contributed by atoms with E-state index in [1.165, 1.54) is 17.4 Å². The Morgan fingerprint density at radius 3 is 2.62 bits per heavy atom. The van der Waals surface area contributed by atoms with E-state index in [4.69, 9.17) is 17.3 Å². The Balaban J connectivity index is 1.39. The first kappa shape index (κ1) is 25.6. The van der Waals surface area contributed by atoms with Crippen LogP contribution < -0.4 is 16.5 Å². The van der Waals surface area contributed by atoms with Crippen molar-refractivity contribution in [3.63, 3.8) is 0 Å². The van der Waals surface area contributed by atoms with Gasteiger partial charge in [0.2, 0.25) is 5.91 Å². The Kier molecular flexibility index (Phi) is 5.66. The number of carbonyl (C=O) groups excluding carboxylic acids is 1. The van der Waals surface area contributed by atoms with E-state index < -0.39 is 30.4 Å². The van der Waals surface area contributed by atoms with Crippen molar-refractivity contribution in [3.05, 3.63) is 46.6 Å². The highest BCUT2D eigenvalue weighted by Gasteiger charge is 2.60. The summed E-state index contributed by atoms with van der Waals surface area (Å²) < 4.78 is 65.5. The number of amides is 1. The van der Waals surface area contributed by atoms with Crippen molar-refractivity contribution in [2.45, 2.75) is 43.2 Å². The summed E-state index contributed by atoms with van der Waals surface area (Å²) in [7, 11) is 0. The number of amidine groups is 1. The van der Waals surface area contributed by atoms with E-state index in [9.17, 15) is 26.7 Å². The number of nitrogens with two attached hydrogens (primary N) is 1. The first-order chi connectivity index (χ1) is 18.4. The third kappa shape index (κ3) is 4.02. The second-order valence-corrected chi connectivity index (χ2v) is 9.93. The number of carbonyl (C=O) groups is 1. The van der Waals surface area contributed by atoms with Gasteiger partial charge in [0.25, 0.3) is 0 Å². The van der Waals surface area contributed by atoms with Gasteiger partial charge in [-0.05, 0) is 37.3 Å². The average Bonchev–Trinajstić information content (AvgIpc) is 3.52. The first-order valence-corrected chi connectivity index (χ1v) is 12.2. The molecule has 2 aromatic heterocycles. The zero-order valence-electron chi connectivity index (χ0n) is 19.9. The standard InChI is InChI=1S/C23H19ClF5N9O/c24-11-3-4-14(31-7-11)22(10-1-2-10)15-16(30)35-17(36-18(15)37-20(22)39)13-8-38-19(32-9-33-38)12(34-13)5-6-21(25,26)23(27,28)29/h3-4,7-8,10,33H,1-2,5-6,9H2,(H3,30,35,36,37,39). The minimum absolute atomic E-state index is 0.0212. The topological polar surface area (TPSA) is 134 Å². The molecule has 1 saturated carbocycles. The van der Waals surface area contributed by atoms with Crippen LogP contribution in [0.15, 0.2) is 34.5 Å². The molecule has 0 bridgehead atoms. The van der Waals surface area contributed by atoms with Gasteiger partial charge < -0.3 is 11.1 Å². The monoisotopic (exact) mass is 567 g/mol. The van der Waals surface area contributed by atoms with Gasteiger partial charge in [-0.3, -0.25) is 14.8 Å². The highest BCUT2D eigenvalue weighted by atomic mass is 35.5. The summed E-state index contributed by atoms with van der Waals surface area (Å²) in [5, 5.41) is 4.51. The van der Waals surface area contributed by atoms with Crippen LogP contribution in [0.25, 0.3) is 5.70 Å². The minimum Gasteiger partial charge on any atom is -0.383 e. The number of nitrogen functional groups attached to an aromatic ring is 1. The van der Waals surface area contributed by atoms with Gasteiger partial charge in [-0.15, -0.1) is 0 Å². The number of nitrogens with one attached hydrogen (secondary N) is 2. The molecule has 0 aromatic carbocycles. The summed E-state index contributed by atoms with van der Waals surface area (Å²) in [6.45, 7) is 0.0645. The fourth-order valence-corrected chi connectivity index (χ4v) is 5.19. The van der Waals surface area contributed by atoms with Crippen LogP contribution in [-0.2, 0) is 10.2 Å². The number of hydrazine groups is 1. The largest absolute Gasteiger partial charge is 0.453 e. The van der Waals surface area contributed by atoms with E-state index in [0.717, 1.165) is 12.8 Å². The van der Waals surface area contributed by atoms with E-state index in [1.807, 2.05) is 0 Å². The SMILES string of the molecule is Nc1nc(C2=CN3NCN=C3C(CCC(F)(F)C(F)(F)F)=N2)nc2c1C(c1ccc(Cl)cn1)(C1CC1)C(=O)N2. The Morgan fingerprint density at radius 1 is 1.18 bits per heavy atom. The van der Waals surface area contributed by atoms with Crippen LogP contribution in [-0.4, -0.2) is 56.2 Å². The van der Waals surface area contributed by atoms with Gasteiger partial charge >= 0.3 is 12.1 Å². The predicted molar refractivity (Wildman–Crippen MR) is 131 cm³/mol. The number of nitrogens with zero attached hydrogens (tertiary/aromatic N) is 6. The highest BCUT2D eigenvalue weighted by molar-refractivity contribution is 6.43. The number of anilines is 2. The zero-order valence-corrected chi connectivity index (χ0v) is 20.6. The zero-order chi connectivity index (χ0) is 27.7. The molecule has 1 aliphatic carbocycles. The summed E-state index contributed by atoms with van der Waals surface area (Å²) >= 11 is 6.01. The molecule has 0 radical (unpaired) electrons. The summed E-state index contributed by atoms with van der Waals surface area (Å²) in [4.78, 5) is 35.1. The molecule has 1 atom stereocenters. The molecule has 16 heteroatoms. The van der Waals surface area contributed by atoms with Gasteiger partial charge in [0.15, 0.2) is 11.7 Å². The maximum absolute atomic E-state index is 13.6. The molecule has 39 heavy (non-hydrogen) atoms. The second kappa shape index (κ2) is 8.64. The molecule has 0 spiro atoms. The van der Waals surface area contributed by atoms with Crippen LogP contribution in [0.5, 0.6) is 0 Å². The number of hydrogen-bond donors (Lipinski definition) is 3. The number of aromatic nitrogens is 3. The molecule has 2 aromatic rings. The molecule has 0 saturated heterocycles. The van der Waals surface area contributed by atoms with Crippen LogP contribution in [0, 0.1) is 5.92 Å². The molecular formula is C23H19ClF5N9O. The van der Waals surface area contributed by atoms with Crippen molar-refractivity contribution in [3.8, 4) is 0 Å². The highest BCUT2D eigenvalue weighted by Crippen LogP contribution is 2.57. The Labute approximate surface area is 222 Å². The summed E-state index contributed by atoms with van der Waals surface area (Å²) in [5.41, 5.74) is 8.75. The van der Waals surface area contributed by atoms with Crippen molar-refractivity contribution in [1.29, 1.82) is 0 Å². The molecule has 5 heterocycles.